The average Bonchev–Trinajstić information content (AvgIpc) is 2.54. The van der Waals surface area contributed by atoms with Crippen molar-refractivity contribution in [3.8, 4) is 0 Å². The van der Waals surface area contributed by atoms with Crippen molar-refractivity contribution in [2.24, 2.45) is 0 Å². The lowest BCUT2D eigenvalue weighted by atomic mass is 10.2. The molecular formula is C14H18F2N4O2S. The second-order valence-corrected chi connectivity index (χ2v) is 5.83. The molecule has 3 amide bonds. The highest BCUT2D eigenvalue weighted by molar-refractivity contribution is 7.99. The van der Waals surface area contributed by atoms with E-state index in [0.29, 0.717) is 32.7 Å². The summed E-state index contributed by atoms with van der Waals surface area (Å²) in [7, 11) is 0. The molecule has 1 N–H and O–H groups in total. The number of hydrogen-bond acceptors (Lipinski definition) is 4. The molecule has 1 aliphatic rings. The van der Waals surface area contributed by atoms with Crippen molar-refractivity contribution >= 4 is 23.7 Å². The number of carbonyl (C=O) groups excluding carboxylic acids is 2. The molecule has 0 spiro atoms. The number of nitrogens with one attached hydrogen (secondary N) is 1. The molecule has 0 aliphatic carbocycles. The zero-order valence-electron chi connectivity index (χ0n) is 12.7. The van der Waals surface area contributed by atoms with Crippen molar-refractivity contribution in [2.75, 3.05) is 32.7 Å². The van der Waals surface area contributed by atoms with Gasteiger partial charge in [0.05, 0.1) is 5.56 Å². The molecule has 0 atom stereocenters. The Kier molecular flexibility index (Phi) is 6.14. The fourth-order valence-corrected chi connectivity index (χ4v) is 2.85. The number of pyridine rings is 1. The number of nitrogens with zero attached hydrogens (tertiary/aromatic N) is 3. The normalized spacial score (nSPS) is 15.0. The van der Waals surface area contributed by atoms with Crippen LogP contribution in [0.5, 0.6) is 0 Å². The molecule has 2 rings (SSSR count). The molecule has 0 bridgehead atoms. The lowest BCUT2D eigenvalue weighted by Gasteiger charge is -2.34. The van der Waals surface area contributed by atoms with Gasteiger partial charge in [-0.2, -0.15) is 8.78 Å². The lowest BCUT2D eigenvalue weighted by Crippen LogP contribution is -2.53. The summed E-state index contributed by atoms with van der Waals surface area (Å²) in [5.74, 6) is -2.97. The molecule has 1 aromatic rings. The van der Waals surface area contributed by atoms with Gasteiger partial charge in [0.1, 0.15) is 5.03 Å². The smallest absolute Gasteiger partial charge is 0.317 e. The van der Waals surface area contributed by atoms with Gasteiger partial charge in [0.15, 0.2) is 0 Å². The molecule has 0 aromatic carbocycles. The number of carbonyl (C=O) groups is 2. The summed E-state index contributed by atoms with van der Waals surface area (Å²) >= 11 is 0.263. The lowest BCUT2D eigenvalue weighted by molar-refractivity contribution is 0.0661. The van der Waals surface area contributed by atoms with Crippen molar-refractivity contribution in [3.63, 3.8) is 0 Å². The van der Waals surface area contributed by atoms with Crippen LogP contribution in [0.2, 0.25) is 0 Å². The predicted molar refractivity (Wildman–Crippen MR) is 82.6 cm³/mol. The highest BCUT2D eigenvalue weighted by Gasteiger charge is 2.26. The van der Waals surface area contributed by atoms with Crippen LogP contribution in [0.15, 0.2) is 23.4 Å². The number of halogens is 2. The van der Waals surface area contributed by atoms with E-state index in [9.17, 15) is 18.4 Å². The molecule has 1 fully saturated rings. The van der Waals surface area contributed by atoms with Crippen molar-refractivity contribution < 1.29 is 18.4 Å². The molecule has 1 saturated heterocycles. The third kappa shape index (κ3) is 4.54. The van der Waals surface area contributed by atoms with Crippen molar-refractivity contribution in [3.05, 3.63) is 23.9 Å². The van der Waals surface area contributed by atoms with Crippen LogP contribution in [-0.2, 0) is 0 Å². The first-order valence-electron chi connectivity index (χ1n) is 7.24. The van der Waals surface area contributed by atoms with E-state index in [1.54, 1.807) is 15.9 Å². The van der Waals surface area contributed by atoms with Crippen LogP contribution < -0.4 is 5.32 Å². The maximum atomic E-state index is 12.6. The first-order chi connectivity index (χ1) is 11.0. The van der Waals surface area contributed by atoms with Gasteiger partial charge in [0.25, 0.3) is 11.7 Å². The van der Waals surface area contributed by atoms with E-state index in [0.717, 1.165) is 0 Å². The molecule has 6 nitrogen and oxygen atoms in total. The molecule has 0 unspecified atom stereocenters. The van der Waals surface area contributed by atoms with E-state index in [1.165, 1.54) is 12.3 Å². The fraction of sp³-hybridized carbons (Fsp3) is 0.500. The van der Waals surface area contributed by atoms with Gasteiger partial charge >= 0.3 is 6.03 Å². The summed E-state index contributed by atoms with van der Waals surface area (Å²) in [5.41, 5.74) is 0.171. The number of hydrogen-bond donors (Lipinski definition) is 1. The van der Waals surface area contributed by atoms with Crippen molar-refractivity contribution in [2.45, 2.75) is 17.7 Å². The predicted octanol–water partition coefficient (Wildman–Crippen LogP) is 1.88. The van der Waals surface area contributed by atoms with Gasteiger partial charge < -0.3 is 15.1 Å². The zero-order chi connectivity index (χ0) is 16.8. The number of rotatable bonds is 4. The van der Waals surface area contributed by atoms with Gasteiger partial charge in [-0.1, -0.05) is 0 Å². The summed E-state index contributed by atoms with van der Waals surface area (Å²) in [4.78, 5) is 31.3. The first-order valence-corrected chi connectivity index (χ1v) is 8.12. The van der Waals surface area contributed by atoms with Crippen LogP contribution in [-0.4, -0.2) is 65.2 Å². The van der Waals surface area contributed by atoms with Crippen molar-refractivity contribution in [1.29, 1.82) is 0 Å². The molecule has 1 aromatic heterocycles. The van der Waals surface area contributed by atoms with Gasteiger partial charge in [-0.25, -0.2) is 9.78 Å². The number of aromatic nitrogens is 1. The van der Waals surface area contributed by atoms with Gasteiger partial charge in [-0.3, -0.25) is 4.79 Å². The molecule has 0 saturated carbocycles. The average molecular weight is 344 g/mol. The van der Waals surface area contributed by atoms with E-state index in [-0.39, 0.29) is 34.3 Å². The summed E-state index contributed by atoms with van der Waals surface area (Å²) in [6.07, 6.45) is 1.38. The standard InChI is InChI=1S/C14H18F2N4O2S/c1-2-17-14(22)20-8-6-19(7-9-20)12(21)10-4-3-5-18-11(10)23-13(15)16/h3-5,13H,2,6-9H2,1H3,(H,17,22). The number of alkyl halides is 2. The van der Waals surface area contributed by atoms with Crippen LogP contribution in [0.4, 0.5) is 13.6 Å². The molecule has 9 heteroatoms. The minimum Gasteiger partial charge on any atom is -0.338 e. The van der Waals surface area contributed by atoms with E-state index in [4.69, 9.17) is 0 Å². The van der Waals surface area contributed by atoms with Gasteiger partial charge in [-0.15, -0.1) is 0 Å². The minimum atomic E-state index is -2.63. The third-order valence-corrected chi connectivity index (χ3v) is 4.11. The van der Waals surface area contributed by atoms with E-state index >= 15 is 0 Å². The maximum Gasteiger partial charge on any atom is 0.317 e. The van der Waals surface area contributed by atoms with E-state index in [1.807, 2.05) is 6.92 Å². The van der Waals surface area contributed by atoms with E-state index < -0.39 is 5.76 Å². The summed E-state index contributed by atoms with van der Waals surface area (Å²) in [6, 6.07) is 2.89. The minimum absolute atomic E-state index is 0.0265. The van der Waals surface area contributed by atoms with Crippen LogP contribution >= 0.6 is 11.8 Å². The summed E-state index contributed by atoms with van der Waals surface area (Å²) < 4.78 is 25.1. The molecule has 1 aliphatic heterocycles. The number of thioether (sulfide) groups is 1. The van der Waals surface area contributed by atoms with Crippen molar-refractivity contribution in [1.82, 2.24) is 20.1 Å². The third-order valence-electron chi connectivity index (χ3n) is 3.38. The Balaban J connectivity index is 2.01. The molecule has 0 radical (unpaired) electrons. The first kappa shape index (κ1) is 17.5. The molecule has 23 heavy (non-hydrogen) atoms. The molecular weight excluding hydrogens is 326 g/mol. The SMILES string of the molecule is CCNC(=O)N1CCN(C(=O)c2cccnc2SC(F)F)CC1. The number of piperazine rings is 1. The molecule has 2 heterocycles. The number of amides is 3. The molecule has 126 valence electrons. The van der Waals surface area contributed by atoms with E-state index in [2.05, 4.69) is 10.3 Å². The van der Waals surface area contributed by atoms with Crippen LogP contribution in [0.25, 0.3) is 0 Å². The highest BCUT2D eigenvalue weighted by atomic mass is 32.2. The largest absolute Gasteiger partial charge is 0.338 e. The Labute approximate surface area is 137 Å². The van der Waals surface area contributed by atoms with Gasteiger partial charge in [0, 0.05) is 38.9 Å². The highest BCUT2D eigenvalue weighted by Crippen LogP contribution is 2.27. The van der Waals surface area contributed by atoms with Gasteiger partial charge in [-0.05, 0) is 30.8 Å². The second kappa shape index (κ2) is 8.09. The van der Waals surface area contributed by atoms with Crippen LogP contribution in [0, 0.1) is 0 Å². The van der Waals surface area contributed by atoms with Crippen LogP contribution in [0.1, 0.15) is 17.3 Å². The Bertz CT molecular complexity index is 565. The zero-order valence-corrected chi connectivity index (χ0v) is 13.5. The number of urea groups is 1. The second-order valence-electron chi connectivity index (χ2n) is 4.85. The summed E-state index contributed by atoms with van der Waals surface area (Å²) in [6.45, 7) is 3.93. The Morgan fingerprint density at radius 3 is 2.57 bits per heavy atom. The topological polar surface area (TPSA) is 65.5 Å². The fourth-order valence-electron chi connectivity index (χ4n) is 2.28. The quantitative estimate of drug-likeness (QED) is 0.847. The Morgan fingerprint density at radius 2 is 1.96 bits per heavy atom. The van der Waals surface area contributed by atoms with Gasteiger partial charge in [0.2, 0.25) is 0 Å². The monoisotopic (exact) mass is 344 g/mol. The maximum absolute atomic E-state index is 12.6. The Hall–Kier alpha value is -1.90. The van der Waals surface area contributed by atoms with Crippen LogP contribution in [0.3, 0.4) is 0 Å². The summed E-state index contributed by atoms with van der Waals surface area (Å²) in [5, 5.41) is 2.74. The Morgan fingerprint density at radius 1 is 1.30 bits per heavy atom.